The lowest BCUT2D eigenvalue weighted by atomic mass is 10.3. The van der Waals surface area contributed by atoms with Gasteiger partial charge >= 0.3 is 0 Å². The standard InChI is InChI=1S/C6H15N3O3S/c1-5-3-9(4-6(2)12-5)13(10,11)8-7/h5-6,8H,3-4,7H2,1-2H3. The van der Waals surface area contributed by atoms with E-state index in [1.807, 2.05) is 13.8 Å². The Morgan fingerprint density at radius 2 is 1.85 bits per heavy atom. The molecular weight excluding hydrogens is 194 g/mol. The van der Waals surface area contributed by atoms with Crippen molar-refractivity contribution in [1.29, 1.82) is 0 Å². The van der Waals surface area contributed by atoms with E-state index in [0.29, 0.717) is 13.1 Å². The third-order valence-corrected chi connectivity index (χ3v) is 3.15. The van der Waals surface area contributed by atoms with Crippen molar-refractivity contribution in [2.75, 3.05) is 13.1 Å². The molecule has 0 aliphatic carbocycles. The Balaban J connectivity index is 2.71. The van der Waals surface area contributed by atoms with Crippen molar-refractivity contribution in [3.8, 4) is 0 Å². The minimum Gasteiger partial charge on any atom is -0.373 e. The highest BCUT2D eigenvalue weighted by Gasteiger charge is 2.29. The zero-order chi connectivity index (χ0) is 10.1. The summed E-state index contributed by atoms with van der Waals surface area (Å²) >= 11 is 0. The van der Waals surface area contributed by atoms with Gasteiger partial charge < -0.3 is 4.74 Å². The van der Waals surface area contributed by atoms with Gasteiger partial charge in [0.05, 0.1) is 12.2 Å². The summed E-state index contributed by atoms with van der Waals surface area (Å²) in [5.41, 5.74) is 0. The molecule has 0 saturated carbocycles. The molecule has 1 fully saturated rings. The molecule has 0 bridgehead atoms. The first-order valence-corrected chi connectivity index (χ1v) is 5.52. The van der Waals surface area contributed by atoms with Gasteiger partial charge in [-0.2, -0.15) is 12.7 Å². The summed E-state index contributed by atoms with van der Waals surface area (Å²) in [5.74, 6) is 4.91. The lowest BCUT2D eigenvalue weighted by Crippen LogP contribution is -2.53. The first kappa shape index (κ1) is 10.9. The highest BCUT2D eigenvalue weighted by Crippen LogP contribution is 2.12. The summed E-state index contributed by atoms with van der Waals surface area (Å²) in [6.45, 7) is 4.34. The van der Waals surface area contributed by atoms with Crippen molar-refractivity contribution in [3.63, 3.8) is 0 Å². The minimum absolute atomic E-state index is 0.0909. The first-order valence-electron chi connectivity index (χ1n) is 4.08. The van der Waals surface area contributed by atoms with Crippen LogP contribution in [0.4, 0.5) is 0 Å². The molecule has 78 valence electrons. The number of nitrogens with two attached hydrogens (primary N) is 1. The first-order chi connectivity index (χ1) is 5.95. The molecule has 0 aromatic heterocycles. The van der Waals surface area contributed by atoms with Crippen LogP contribution in [0.25, 0.3) is 0 Å². The van der Waals surface area contributed by atoms with Gasteiger partial charge in [0.25, 0.3) is 10.2 Å². The normalized spacial score (nSPS) is 31.9. The summed E-state index contributed by atoms with van der Waals surface area (Å²) in [7, 11) is -3.51. The molecule has 13 heavy (non-hydrogen) atoms. The molecule has 0 spiro atoms. The maximum absolute atomic E-state index is 11.3. The van der Waals surface area contributed by atoms with Crippen molar-refractivity contribution in [1.82, 2.24) is 9.14 Å². The molecule has 1 aliphatic rings. The average molecular weight is 209 g/mol. The fraction of sp³-hybridized carbons (Fsp3) is 1.00. The van der Waals surface area contributed by atoms with Crippen molar-refractivity contribution >= 4 is 10.2 Å². The Kier molecular flexibility index (Phi) is 3.25. The van der Waals surface area contributed by atoms with E-state index in [1.165, 1.54) is 4.31 Å². The zero-order valence-electron chi connectivity index (χ0n) is 7.73. The molecule has 2 unspecified atom stereocenters. The van der Waals surface area contributed by atoms with Crippen LogP contribution in [0, 0.1) is 0 Å². The summed E-state index contributed by atoms with van der Waals surface area (Å²) < 4.78 is 29.2. The van der Waals surface area contributed by atoms with Gasteiger partial charge in [-0.25, -0.2) is 0 Å². The second-order valence-electron chi connectivity index (χ2n) is 3.20. The Morgan fingerprint density at radius 1 is 1.38 bits per heavy atom. The molecule has 0 aromatic rings. The van der Waals surface area contributed by atoms with E-state index < -0.39 is 10.2 Å². The van der Waals surface area contributed by atoms with Crippen LogP contribution in [-0.2, 0) is 14.9 Å². The van der Waals surface area contributed by atoms with Gasteiger partial charge in [-0.15, -0.1) is 4.83 Å². The molecule has 3 N–H and O–H groups in total. The lowest BCUT2D eigenvalue weighted by molar-refractivity contribution is -0.0443. The number of ether oxygens (including phenoxy) is 1. The molecule has 1 aliphatic heterocycles. The molecule has 1 saturated heterocycles. The minimum atomic E-state index is -3.51. The average Bonchev–Trinajstić information content (AvgIpc) is 2.02. The lowest BCUT2D eigenvalue weighted by Gasteiger charge is -2.33. The molecular formula is C6H15N3O3S. The maximum Gasteiger partial charge on any atom is 0.292 e. The quantitative estimate of drug-likeness (QED) is 0.442. The van der Waals surface area contributed by atoms with Gasteiger partial charge in [0.1, 0.15) is 0 Å². The summed E-state index contributed by atoms with van der Waals surface area (Å²) in [5, 5.41) is 0. The van der Waals surface area contributed by atoms with Crippen molar-refractivity contribution in [2.24, 2.45) is 5.84 Å². The smallest absolute Gasteiger partial charge is 0.292 e. The SMILES string of the molecule is CC1CN(S(=O)(=O)NN)CC(C)O1. The van der Waals surface area contributed by atoms with E-state index in [1.54, 1.807) is 4.83 Å². The van der Waals surface area contributed by atoms with Crippen LogP contribution in [0.2, 0.25) is 0 Å². The summed E-state index contributed by atoms with van der Waals surface area (Å²) in [4.78, 5) is 1.79. The van der Waals surface area contributed by atoms with E-state index >= 15 is 0 Å². The Labute approximate surface area is 78.2 Å². The summed E-state index contributed by atoms with van der Waals surface area (Å²) in [6.07, 6.45) is -0.182. The van der Waals surface area contributed by atoms with Gasteiger partial charge in [-0.3, -0.25) is 5.84 Å². The second kappa shape index (κ2) is 3.89. The zero-order valence-corrected chi connectivity index (χ0v) is 8.54. The molecule has 0 amide bonds. The Morgan fingerprint density at radius 3 is 2.23 bits per heavy atom. The van der Waals surface area contributed by atoms with E-state index in [-0.39, 0.29) is 12.2 Å². The highest BCUT2D eigenvalue weighted by molar-refractivity contribution is 7.87. The molecule has 1 heterocycles. The largest absolute Gasteiger partial charge is 0.373 e. The van der Waals surface area contributed by atoms with Crippen molar-refractivity contribution < 1.29 is 13.2 Å². The predicted octanol–water partition coefficient (Wildman–Crippen LogP) is -1.20. The van der Waals surface area contributed by atoms with Gasteiger partial charge in [0.2, 0.25) is 0 Å². The van der Waals surface area contributed by atoms with Crippen LogP contribution in [-0.4, -0.2) is 38.0 Å². The van der Waals surface area contributed by atoms with Crippen LogP contribution in [0.1, 0.15) is 13.8 Å². The monoisotopic (exact) mass is 209 g/mol. The molecule has 7 heteroatoms. The van der Waals surface area contributed by atoms with Crippen LogP contribution in [0.3, 0.4) is 0 Å². The van der Waals surface area contributed by atoms with Gasteiger partial charge in [0.15, 0.2) is 0 Å². The predicted molar refractivity (Wildman–Crippen MR) is 47.8 cm³/mol. The molecule has 2 atom stereocenters. The Hall–Kier alpha value is -0.210. The van der Waals surface area contributed by atoms with Gasteiger partial charge in [-0.05, 0) is 13.8 Å². The number of nitrogens with zero attached hydrogens (tertiary/aromatic N) is 1. The van der Waals surface area contributed by atoms with E-state index in [0.717, 1.165) is 0 Å². The summed E-state index contributed by atoms with van der Waals surface area (Å²) in [6, 6.07) is 0. The van der Waals surface area contributed by atoms with Crippen molar-refractivity contribution in [2.45, 2.75) is 26.1 Å². The number of morpholine rings is 1. The van der Waals surface area contributed by atoms with E-state index in [4.69, 9.17) is 10.6 Å². The topological polar surface area (TPSA) is 84.7 Å². The number of rotatable bonds is 2. The molecule has 6 nitrogen and oxygen atoms in total. The number of hydrogen-bond acceptors (Lipinski definition) is 4. The fourth-order valence-electron chi connectivity index (χ4n) is 1.40. The maximum atomic E-state index is 11.3. The fourth-order valence-corrected chi connectivity index (χ4v) is 2.36. The number of hydrogen-bond donors (Lipinski definition) is 2. The van der Waals surface area contributed by atoms with Crippen LogP contribution >= 0.6 is 0 Å². The highest BCUT2D eigenvalue weighted by atomic mass is 32.2. The van der Waals surface area contributed by atoms with E-state index in [9.17, 15) is 8.42 Å². The van der Waals surface area contributed by atoms with Crippen LogP contribution in [0.15, 0.2) is 0 Å². The van der Waals surface area contributed by atoms with Crippen LogP contribution in [0.5, 0.6) is 0 Å². The third-order valence-electron chi connectivity index (χ3n) is 1.87. The molecule has 0 radical (unpaired) electrons. The van der Waals surface area contributed by atoms with Gasteiger partial charge in [0, 0.05) is 13.1 Å². The molecule has 1 rings (SSSR count). The van der Waals surface area contributed by atoms with Crippen LogP contribution < -0.4 is 10.7 Å². The second-order valence-corrected chi connectivity index (χ2v) is 4.90. The van der Waals surface area contributed by atoms with E-state index in [2.05, 4.69) is 0 Å². The Bertz CT molecular complexity index is 256. The number of nitrogens with one attached hydrogen (secondary N) is 1. The van der Waals surface area contributed by atoms with Crippen molar-refractivity contribution in [3.05, 3.63) is 0 Å². The molecule has 0 aromatic carbocycles. The van der Waals surface area contributed by atoms with Gasteiger partial charge in [-0.1, -0.05) is 0 Å². The third kappa shape index (κ3) is 2.61. The number of hydrazine groups is 1.